The third kappa shape index (κ3) is 3.14. The molecule has 0 unspecified atom stereocenters. The minimum atomic E-state index is -0.170. The highest BCUT2D eigenvalue weighted by molar-refractivity contribution is 7.22. The predicted molar refractivity (Wildman–Crippen MR) is 112 cm³/mol. The van der Waals surface area contributed by atoms with Crippen LogP contribution in [-0.2, 0) is 0 Å². The molecule has 1 amide bonds. The number of thiophene rings is 1. The maximum Gasteiger partial charge on any atom is 0.256 e. The standard InChI is InChI=1S/C20H15ClN2OS2/c1-11-12(2)25-20(23-18(24)13-6-5-7-14(21)10-13)17(11)19-22-15-8-3-4-9-16(15)26-19/h3-10H,1-2H3,(H,23,24). The first-order valence-corrected chi connectivity index (χ1v) is 10.1. The molecule has 4 rings (SSSR count). The van der Waals surface area contributed by atoms with Gasteiger partial charge in [0.2, 0.25) is 0 Å². The number of carbonyl (C=O) groups excluding carboxylic acids is 1. The summed E-state index contributed by atoms with van der Waals surface area (Å²) in [5.41, 5.74) is 3.67. The third-order valence-corrected chi connectivity index (χ3v) is 6.62. The highest BCUT2D eigenvalue weighted by atomic mass is 35.5. The number of aryl methyl sites for hydroxylation is 1. The van der Waals surface area contributed by atoms with Gasteiger partial charge in [0.25, 0.3) is 5.91 Å². The molecule has 0 aliphatic heterocycles. The average molecular weight is 399 g/mol. The van der Waals surface area contributed by atoms with Crippen LogP contribution in [0.1, 0.15) is 20.8 Å². The maximum absolute atomic E-state index is 12.7. The zero-order chi connectivity index (χ0) is 18.3. The minimum Gasteiger partial charge on any atom is -0.313 e. The fourth-order valence-corrected chi connectivity index (χ4v) is 5.14. The number of thiazole rings is 1. The van der Waals surface area contributed by atoms with Crippen molar-refractivity contribution in [2.24, 2.45) is 0 Å². The van der Waals surface area contributed by atoms with E-state index in [4.69, 9.17) is 16.6 Å². The molecule has 0 aliphatic carbocycles. The molecule has 0 fully saturated rings. The molecule has 0 spiro atoms. The van der Waals surface area contributed by atoms with Crippen molar-refractivity contribution in [2.75, 3.05) is 5.32 Å². The lowest BCUT2D eigenvalue weighted by molar-refractivity contribution is 0.102. The van der Waals surface area contributed by atoms with E-state index in [1.54, 1.807) is 46.9 Å². The van der Waals surface area contributed by atoms with E-state index in [1.807, 2.05) is 18.2 Å². The van der Waals surface area contributed by atoms with Gasteiger partial charge < -0.3 is 5.32 Å². The second-order valence-corrected chi connectivity index (χ2v) is 8.63. The van der Waals surface area contributed by atoms with Crippen molar-refractivity contribution in [2.45, 2.75) is 13.8 Å². The van der Waals surface area contributed by atoms with Gasteiger partial charge in [-0.05, 0) is 49.7 Å². The van der Waals surface area contributed by atoms with E-state index in [0.717, 1.165) is 31.4 Å². The monoisotopic (exact) mass is 398 g/mol. The van der Waals surface area contributed by atoms with Crippen molar-refractivity contribution < 1.29 is 4.79 Å². The van der Waals surface area contributed by atoms with E-state index in [2.05, 4.69) is 25.2 Å². The SMILES string of the molecule is Cc1sc(NC(=O)c2cccc(Cl)c2)c(-c2nc3ccccc3s2)c1C. The van der Waals surface area contributed by atoms with Crippen molar-refractivity contribution in [3.05, 3.63) is 69.6 Å². The number of nitrogens with one attached hydrogen (secondary N) is 1. The molecular formula is C20H15ClN2OS2. The van der Waals surface area contributed by atoms with Gasteiger partial charge >= 0.3 is 0 Å². The Morgan fingerprint density at radius 1 is 1.08 bits per heavy atom. The summed E-state index contributed by atoms with van der Waals surface area (Å²) in [6.45, 7) is 4.13. The molecule has 4 aromatic rings. The Morgan fingerprint density at radius 2 is 1.88 bits per heavy atom. The predicted octanol–water partition coefficient (Wildman–Crippen LogP) is 6.55. The van der Waals surface area contributed by atoms with Gasteiger partial charge in [0.05, 0.1) is 10.2 Å². The van der Waals surface area contributed by atoms with Crippen LogP contribution in [-0.4, -0.2) is 10.9 Å². The largest absolute Gasteiger partial charge is 0.313 e. The zero-order valence-corrected chi connectivity index (χ0v) is 16.6. The molecule has 2 heterocycles. The highest BCUT2D eigenvalue weighted by Gasteiger charge is 2.20. The summed E-state index contributed by atoms with van der Waals surface area (Å²) >= 11 is 9.22. The molecule has 0 atom stereocenters. The van der Waals surface area contributed by atoms with E-state index in [-0.39, 0.29) is 5.91 Å². The van der Waals surface area contributed by atoms with Gasteiger partial charge in [0.15, 0.2) is 0 Å². The summed E-state index contributed by atoms with van der Waals surface area (Å²) in [6.07, 6.45) is 0. The van der Waals surface area contributed by atoms with Gasteiger partial charge in [-0.25, -0.2) is 4.98 Å². The molecule has 130 valence electrons. The topological polar surface area (TPSA) is 42.0 Å². The van der Waals surface area contributed by atoms with E-state index >= 15 is 0 Å². The van der Waals surface area contributed by atoms with Crippen molar-refractivity contribution in [3.63, 3.8) is 0 Å². The Labute approximate surface area is 164 Å². The molecule has 2 aromatic heterocycles. The number of hydrogen-bond donors (Lipinski definition) is 1. The van der Waals surface area contributed by atoms with E-state index < -0.39 is 0 Å². The Balaban J connectivity index is 1.75. The lowest BCUT2D eigenvalue weighted by Crippen LogP contribution is -2.11. The van der Waals surface area contributed by atoms with Gasteiger partial charge in [-0.1, -0.05) is 29.8 Å². The van der Waals surface area contributed by atoms with E-state index in [1.165, 1.54) is 4.88 Å². The average Bonchev–Trinajstić information content (AvgIpc) is 3.15. The molecule has 2 aromatic carbocycles. The van der Waals surface area contributed by atoms with Crippen molar-refractivity contribution >= 4 is 55.4 Å². The molecule has 1 N–H and O–H groups in total. The Kier molecular flexibility index (Phi) is 4.53. The second kappa shape index (κ2) is 6.83. The summed E-state index contributed by atoms with van der Waals surface area (Å²) in [4.78, 5) is 18.6. The number of carbonyl (C=O) groups is 1. The van der Waals surface area contributed by atoms with Crippen molar-refractivity contribution in [1.82, 2.24) is 4.98 Å². The number of para-hydroxylation sites is 1. The Morgan fingerprint density at radius 3 is 2.65 bits per heavy atom. The van der Waals surface area contributed by atoms with Crippen LogP contribution in [0.3, 0.4) is 0 Å². The number of amides is 1. The van der Waals surface area contributed by atoms with Crippen LogP contribution in [0.15, 0.2) is 48.5 Å². The molecule has 0 saturated heterocycles. The summed E-state index contributed by atoms with van der Waals surface area (Å²) in [5.74, 6) is -0.170. The lowest BCUT2D eigenvalue weighted by atomic mass is 10.1. The Hall–Kier alpha value is -2.21. The minimum absolute atomic E-state index is 0.170. The molecule has 0 bridgehead atoms. The van der Waals surface area contributed by atoms with Crippen molar-refractivity contribution in [3.8, 4) is 10.6 Å². The third-order valence-electron chi connectivity index (χ3n) is 4.21. The van der Waals surface area contributed by atoms with E-state index in [0.29, 0.717) is 10.6 Å². The van der Waals surface area contributed by atoms with Crippen LogP contribution < -0.4 is 5.32 Å². The fraction of sp³-hybridized carbons (Fsp3) is 0.100. The number of anilines is 1. The molecule has 0 radical (unpaired) electrons. The quantitative estimate of drug-likeness (QED) is 0.425. The summed E-state index contributed by atoms with van der Waals surface area (Å²) in [6, 6.07) is 15.0. The fourth-order valence-electron chi connectivity index (χ4n) is 2.76. The number of hydrogen-bond acceptors (Lipinski definition) is 4. The van der Waals surface area contributed by atoms with Crippen LogP contribution in [0.5, 0.6) is 0 Å². The van der Waals surface area contributed by atoms with E-state index in [9.17, 15) is 4.79 Å². The lowest BCUT2D eigenvalue weighted by Gasteiger charge is -2.06. The van der Waals surface area contributed by atoms with Gasteiger partial charge in [-0.15, -0.1) is 22.7 Å². The van der Waals surface area contributed by atoms with Crippen LogP contribution >= 0.6 is 34.3 Å². The number of nitrogens with zero attached hydrogens (tertiary/aromatic N) is 1. The van der Waals surface area contributed by atoms with Gasteiger partial charge in [0.1, 0.15) is 10.0 Å². The molecule has 6 heteroatoms. The highest BCUT2D eigenvalue weighted by Crippen LogP contribution is 2.43. The first kappa shape index (κ1) is 17.2. The zero-order valence-electron chi connectivity index (χ0n) is 14.2. The van der Waals surface area contributed by atoms with Gasteiger partial charge in [0, 0.05) is 21.0 Å². The Bertz CT molecular complexity index is 1100. The molecule has 3 nitrogen and oxygen atoms in total. The maximum atomic E-state index is 12.7. The molecule has 0 saturated carbocycles. The molecular weight excluding hydrogens is 384 g/mol. The number of rotatable bonds is 3. The number of halogens is 1. The summed E-state index contributed by atoms with van der Waals surface area (Å²) in [7, 11) is 0. The first-order valence-electron chi connectivity index (χ1n) is 8.06. The number of aromatic nitrogens is 1. The number of fused-ring (bicyclic) bond motifs is 1. The first-order chi connectivity index (χ1) is 12.5. The van der Waals surface area contributed by atoms with Gasteiger partial charge in [-0.2, -0.15) is 0 Å². The van der Waals surface area contributed by atoms with Crippen LogP contribution in [0.2, 0.25) is 5.02 Å². The van der Waals surface area contributed by atoms with Crippen LogP contribution in [0, 0.1) is 13.8 Å². The summed E-state index contributed by atoms with van der Waals surface area (Å²) in [5, 5.41) is 5.34. The summed E-state index contributed by atoms with van der Waals surface area (Å²) < 4.78 is 1.14. The number of benzene rings is 2. The van der Waals surface area contributed by atoms with Crippen molar-refractivity contribution in [1.29, 1.82) is 0 Å². The van der Waals surface area contributed by atoms with Crippen LogP contribution in [0.25, 0.3) is 20.8 Å². The smallest absolute Gasteiger partial charge is 0.256 e. The van der Waals surface area contributed by atoms with Gasteiger partial charge in [-0.3, -0.25) is 4.79 Å². The molecule has 0 aliphatic rings. The normalized spacial score (nSPS) is 11.0. The molecule has 26 heavy (non-hydrogen) atoms. The second-order valence-electron chi connectivity index (χ2n) is 5.94. The van der Waals surface area contributed by atoms with Crippen LogP contribution in [0.4, 0.5) is 5.00 Å².